The van der Waals surface area contributed by atoms with Crippen molar-refractivity contribution in [1.29, 1.82) is 0 Å². The molecule has 2 aromatic heterocycles. The lowest BCUT2D eigenvalue weighted by atomic mass is 10.4. The van der Waals surface area contributed by atoms with Crippen molar-refractivity contribution in [2.75, 3.05) is 32.1 Å². The van der Waals surface area contributed by atoms with Crippen LogP contribution in [0.5, 0.6) is 0 Å². The van der Waals surface area contributed by atoms with Crippen LogP contribution in [-0.4, -0.2) is 53.2 Å². The number of nitrogens with zero attached hydrogens (tertiary/aromatic N) is 2. The third kappa shape index (κ3) is 3.48. The Balaban J connectivity index is 2.09. The first-order valence-electron chi connectivity index (χ1n) is 6.33. The first kappa shape index (κ1) is 14.8. The van der Waals surface area contributed by atoms with Crippen LogP contribution in [0.2, 0.25) is 0 Å². The number of nitrogens with one attached hydrogen (secondary N) is 2. The number of hydrogen-bond donors (Lipinski definition) is 3. The molecule has 21 heavy (non-hydrogen) atoms. The average molecular weight is 292 g/mol. The summed E-state index contributed by atoms with van der Waals surface area (Å²) in [7, 11) is 1.54. The topological polar surface area (TPSA) is 105 Å². The lowest BCUT2D eigenvalue weighted by Crippen LogP contribution is -2.32. The molecule has 0 fully saturated rings. The first-order chi connectivity index (χ1) is 10.1. The van der Waals surface area contributed by atoms with Crippen LogP contribution in [-0.2, 0) is 9.53 Å². The molecule has 8 nitrogen and oxygen atoms in total. The summed E-state index contributed by atoms with van der Waals surface area (Å²) in [5.41, 5.74) is 0.493. The van der Waals surface area contributed by atoms with E-state index in [-0.39, 0.29) is 24.0 Å². The highest BCUT2D eigenvalue weighted by atomic mass is 16.5. The van der Waals surface area contributed by atoms with Crippen molar-refractivity contribution in [3.05, 3.63) is 30.1 Å². The number of carboxylic acids is 1. The van der Waals surface area contributed by atoms with Gasteiger partial charge in [0.2, 0.25) is 5.91 Å². The van der Waals surface area contributed by atoms with Gasteiger partial charge >= 0.3 is 5.97 Å². The molecule has 1 amide bonds. The molecule has 0 aromatic carbocycles. The van der Waals surface area contributed by atoms with Gasteiger partial charge in [-0.25, -0.2) is 9.78 Å². The number of imidazole rings is 1. The third-order valence-electron chi connectivity index (χ3n) is 2.78. The highest BCUT2D eigenvalue weighted by Gasteiger charge is 2.18. The van der Waals surface area contributed by atoms with E-state index in [1.54, 1.807) is 31.5 Å². The third-order valence-corrected chi connectivity index (χ3v) is 2.78. The van der Waals surface area contributed by atoms with E-state index < -0.39 is 5.97 Å². The minimum absolute atomic E-state index is 0.00436. The first-order valence-corrected chi connectivity index (χ1v) is 6.33. The van der Waals surface area contributed by atoms with E-state index in [9.17, 15) is 14.7 Å². The Labute approximate surface area is 120 Å². The molecule has 0 aliphatic carbocycles. The van der Waals surface area contributed by atoms with Gasteiger partial charge in [0.1, 0.15) is 5.65 Å². The van der Waals surface area contributed by atoms with Crippen LogP contribution >= 0.6 is 0 Å². The second kappa shape index (κ2) is 6.71. The number of anilines is 1. The normalized spacial score (nSPS) is 10.5. The van der Waals surface area contributed by atoms with Crippen LogP contribution in [0.25, 0.3) is 5.65 Å². The van der Waals surface area contributed by atoms with Crippen molar-refractivity contribution in [2.45, 2.75) is 0 Å². The molecule has 2 heterocycles. The Hall–Kier alpha value is -2.61. The van der Waals surface area contributed by atoms with Gasteiger partial charge in [-0.2, -0.15) is 0 Å². The predicted molar refractivity (Wildman–Crippen MR) is 75.5 cm³/mol. The Morgan fingerprint density at radius 2 is 2.24 bits per heavy atom. The molecule has 2 aromatic rings. The number of ether oxygens (including phenoxy) is 1. The fourth-order valence-electron chi connectivity index (χ4n) is 1.84. The summed E-state index contributed by atoms with van der Waals surface area (Å²) < 4.78 is 6.27. The second-order valence-electron chi connectivity index (χ2n) is 4.24. The molecule has 2 rings (SSSR count). The van der Waals surface area contributed by atoms with Gasteiger partial charge in [0, 0.05) is 19.9 Å². The number of methoxy groups -OCH3 is 1. The van der Waals surface area contributed by atoms with Gasteiger partial charge in [-0.05, 0) is 12.1 Å². The van der Waals surface area contributed by atoms with Gasteiger partial charge in [-0.15, -0.1) is 0 Å². The molecule has 0 unspecified atom stereocenters. The summed E-state index contributed by atoms with van der Waals surface area (Å²) in [6.07, 6.45) is 1.61. The fraction of sp³-hybridized carbons (Fsp3) is 0.308. The number of rotatable bonds is 7. The van der Waals surface area contributed by atoms with Gasteiger partial charge < -0.3 is 20.5 Å². The van der Waals surface area contributed by atoms with Crippen molar-refractivity contribution in [1.82, 2.24) is 14.7 Å². The van der Waals surface area contributed by atoms with E-state index in [1.807, 2.05) is 0 Å². The monoisotopic (exact) mass is 292 g/mol. The number of hydrogen-bond acceptors (Lipinski definition) is 5. The highest BCUT2D eigenvalue weighted by molar-refractivity contribution is 5.93. The summed E-state index contributed by atoms with van der Waals surface area (Å²) in [6.45, 7) is 0.752. The van der Waals surface area contributed by atoms with Crippen LogP contribution in [0.15, 0.2) is 24.4 Å². The smallest absolute Gasteiger partial charge is 0.356 e. The van der Waals surface area contributed by atoms with Crippen LogP contribution in [0.4, 0.5) is 5.82 Å². The van der Waals surface area contributed by atoms with Crippen LogP contribution in [0.1, 0.15) is 10.5 Å². The average Bonchev–Trinajstić information content (AvgIpc) is 2.83. The van der Waals surface area contributed by atoms with Crippen molar-refractivity contribution >= 4 is 23.3 Å². The molecule has 0 saturated heterocycles. The summed E-state index contributed by atoms with van der Waals surface area (Å²) in [5.74, 6) is -1.22. The van der Waals surface area contributed by atoms with Gasteiger partial charge in [0.15, 0.2) is 11.5 Å². The molecular formula is C13H16N4O4. The maximum Gasteiger partial charge on any atom is 0.356 e. The zero-order valence-corrected chi connectivity index (χ0v) is 11.5. The minimum Gasteiger partial charge on any atom is -0.476 e. The molecule has 3 N–H and O–H groups in total. The summed E-state index contributed by atoms with van der Waals surface area (Å²) in [5, 5.41) is 14.6. The molecule has 112 valence electrons. The van der Waals surface area contributed by atoms with Crippen LogP contribution in [0.3, 0.4) is 0 Å². The molecule has 0 aliphatic heterocycles. The SMILES string of the molecule is COCCNC(=O)CNc1nc2ccccn2c1C(=O)O. The van der Waals surface area contributed by atoms with Crippen molar-refractivity contribution < 1.29 is 19.4 Å². The van der Waals surface area contributed by atoms with E-state index >= 15 is 0 Å². The number of fused-ring (bicyclic) bond motifs is 1. The zero-order valence-electron chi connectivity index (χ0n) is 11.5. The second-order valence-corrected chi connectivity index (χ2v) is 4.24. The van der Waals surface area contributed by atoms with Gasteiger partial charge in [-0.3, -0.25) is 9.20 Å². The Morgan fingerprint density at radius 3 is 2.95 bits per heavy atom. The minimum atomic E-state index is -1.11. The summed E-state index contributed by atoms with van der Waals surface area (Å²) >= 11 is 0. The lowest BCUT2D eigenvalue weighted by Gasteiger charge is -2.06. The maximum absolute atomic E-state index is 11.6. The number of aromatic carboxylic acids is 1. The highest BCUT2D eigenvalue weighted by Crippen LogP contribution is 2.17. The van der Waals surface area contributed by atoms with Crippen molar-refractivity contribution in [3.8, 4) is 0 Å². The number of carboxylic acid groups (broad SMARTS) is 1. The Kier molecular flexibility index (Phi) is 4.72. The van der Waals surface area contributed by atoms with Gasteiger partial charge in [0.25, 0.3) is 0 Å². The largest absolute Gasteiger partial charge is 0.476 e. The number of carbonyl (C=O) groups is 2. The van der Waals surface area contributed by atoms with E-state index in [0.29, 0.717) is 18.8 Å². The number of aromatic nitrogens is 2. The fourth-order valence-corrected chi connectivity index (χ4v) is 1.84. The zero-order chi connectivity index (χ0) is 15.2. The predicted octanol–water partition coefficient (Wildman–Crippen LogP) is 0.207. The van der Waals surface area contributed by atoms with E-state index in [1.165, 1.54) is 4.40 Å². The Bertz CT molecular complexity index is 653. The molecular weight excluding hydrogens is 276 g/mol. The molecule has 8 heteroatoms. The lowest BCUT2D eigenvalue weighted by molar-refractivity contribution is -0.119. The number of amides is 1. The standard InChI is InChI=1S/C13H16N4O4/c1-21-7-5-14-10(18)8-15-12-11(13(19)20)17-6-3-2-4-9(17)16-12/h2-4,6,15H,5,7-8H2,1H3,(H,14,18)(H,19,20). The summed E-state index contributed by atoms with van der Waals surface area (Å²) in [4.78, 5) is 27.1. The summed E-state index contributed by atoms with van der Waals surface area (Å²) in [6, 6.07) is 5.16. The van der Waals surface area contributed by atoms with Crippen molar-refractivity contribution in [2.24, 2.45) is 0 Å². The van der Waals surface area contributed by atoms with E-state index in [0.717, 1.165) is 0 Å². The molecule has 0 spiro atoms. The molecule has 0 atom stereocenters. The van der Waals surface area contributed by atoms with E-state index in [2.05, 4.69) is 15.6 Å². The van der Waals surface area contributed by atoms with Crippen LogP contribution in [0, 0.1) is 0 Å². The number of carbonyl (C=O) groups excluding carboxylic acids is 1. The maximum atomic E-state index is 11.6. The Morgan fingerprint density at radius 1 is 1.43 bits per heavy atom. The molecule has 0 radical (unpaired) electrons. The van der Waals surface area contributed by atoms with Crippen molar-refractivity contribution in [3.63, 3.8) is 0 Å². The van der Waals surface area contributed by atoms with Crippen LogP contribution < -0.4 is 10.6 Å². The number of pyridine rings is 1. The molecule has 0 saturated carbocycles. The molecule has 0 aliphatic rings. The quantitative estimate of drug-likeness (QED) is 0.630. The van der Waals surface area contributed by atoms with Gasteiger partial charge in [-0.1, -0.05) is 6.07 Å². The van der Waals surface area contributed by atoms with Gasteiger partial charge in [0.05, 0.1) is 13.2 Å². The molecule has 0 bridgehead atoms. The van der Waals surface area contributed by atoms with E-state index in [4.69, 9.17) is 4.74 Å².